The normalized spacial score (nSPS) is 10.9. The van der Waals surface area contributed by atoms with Crippen LogP contribution in [-0.4, -0.2) is 9.55 Å². The molecule has 6 heteroatoms. The summed E-state index contributed by atoms with van der Waals surface area (Å²) < 4.78 is 25.7. The van der Waals surface area contributed by atoms with Crippen LogP contribution in [0.4, 0.5) is 8.78 Å². The molecule has 0 saturated carbocycles. The van der Waals surface area contributed by atoms with Gasteiger partial charge in [0.05, 0.1) is 6.33 Å². The van der Waals surface area contributed by atoms with Gasteiger partial charge in [0, 0.05) is 6.54 Å². The van der Waals surface area contributed by atoms with Crippen molar-refractivity contribution >= 4 is 15.9 Å². The van der Waals surface area contributed by atoms with Crippen molar-refractivity contribution in [3.8, 4) is 0 Å². The Balaban J connectivity index is 3.20. The lowest BCUT2D eigenvalue weighted by atomic mass is 10.4. The van der Waals surface area contributed by atoms with E-state index < -0.39 is 17.7 Å². The second-order valence-electron chi connectivity index (χ2n) is 2.74. The fourth-order valence-corrected chi connectivity index (χ4v) is 1.53. The Bertz CT molecular complexity index is 378. The van der Waals surface area contributed by atoms with Crippen molar-refractivity contribution in [2.24, 2.45) is 0 Å². The Morgan fingerprint density at radius 3 is 2.79 bits per heavy atom. The molecular weight excluding hydrogens is 258 g/mol. The molecule has 0 aromatic carbocycles. The molecule has 0 aliphatic carbocycles. The molecule has 0 N–H and O–H groups in total. The second-order valence-corrected chi connectivity index (χ2v) is 3.54. The van der Waals surface area contributed by atoms with E-state index >= 15 is 0 Å². The smallest absolute Gasteiger partial charge is 0.281 e. The van der Waals surface area contributed by atoms with E-state index in [2.05, 4.69) is 20.9 Å². The predicted molar refractivity (Wildman–Crippen MR) is 51.4 cm³/mol. The van der Waals surface area contributed by atoms with E-state index in [0.29, 0.717) is 6.54 Å². The molecule has 1 rings (SSSR count). The van der Waals surface area contributed by atoms with E-state index in [1.807, 2.05) is 6.92 Å². The molecule has 0 aliphatic heterocycles. The molecule has 0 aliphatic rings. The number of halogens is 3. The summed E-state index contributed by atoms with van der Waals surface area (Å²) in [6, 6.07) is 0. The average molecular weight is 267 g/mol. The fourth-order valence-electron chi connectivity index (χ4n) is 1.03. The van der Waals surface area contributed by atoms with Crippen molar-refractivity contribution in [2.45, 2.75) is 26.3 Å². The molecule has 0 radical (unpaired) electrons. The van der Waals surface area contributed by atoms with Crippen LogP contribution in [0.5, 0.6) is 0 Å². The maximum atomic E-state index is 12.3. The van der Waals surface area contributed by atoms with Gasteiger partial charge >= 0.3 is 0 Å². The number of aryl methyl sites for hydroxylation is 1. The minimum absolute atomic E-state index is 0.150. The zero-order valence-electron chi connectivity index (χ0n) is 7.51. The molecule has 1 aromatic rings. The van der Waals surface area contributed by atoms with Crippen molar-refractivity contribution in [3.63, 3.8) is 0 Å². The number of hydrogen-bond donors (Lipinski definition) is 0. The van der Waals surface area contributed by atoms with Gasteiger partial charge in [0.1, 0.15) is 10.2 Å². The summed E-state index contributed by atoms with van der Waals surface area (Å²) >= 11 is 2.83. The Hall–Kier alpha value is -0.780. The molecule has 1 aromatic heterocycles. The highest BCUT2D eigenvalue weighted by atomic mass is 79.9. The minimum atomic E-state index is -2.73. The summed E-state index contributed by atoms with van der Waals surface area (Å²) in [5, 5.41) is 0. The Labute approximate surface area is 87.9 Å². The van der Waals surface area contributed by atoms with Crippen LogP contribution < -0.4 is 5.56 Å². The van der Waals surface area contributed by atoms with Gasteiger partial charge in [-0.3, -0.25) is 9.36 Å². The largest absolute Gasteiger partial charge is 0.298 e. The third-order valence-corrected chi connectivity index (χ3v) is 2.43. The SMILES string of the molecule is CCCn1cnc(C(F)F)c(Br)c1=O. The lowest BCUT2D eigenvalue weighted by molar-refractivity contribution is 0.144. The monoisotopic (exact) mass is 266 g/mol. The zero-order valence-corrected chi connectivity index (χ0v) is 9.09. The van der Waals surface area contributed by atoms with Gasteiger partial charge in [-0.15, -0.1) is 0 Å². The van der Waals surface area contributed by atoms with Gasteiger partial charge in [0.15, 0.2) is 0 Å². The third-order valence-electron chi connectivity index (χ3n) is 1.68. The van der Waals surface area contributed by atoms with Gasteiger partial charge < -0.3 is 0 Å². The van der Waals surface area contributed by atoms with Crippen LogP contribution in [0.3, 0.4) is 0 Å². The molecule has 0 amide bonds. The van der Waals surface area contributed by atoms with Crippen molar-refractivity contribution in [1.82, 2.24) is 9.55 Å². The molecule has 14 heavy (non-hydrogen) atoms. The van der Waals surface area contributed by atoms with E-state index in [1.165, 1.54) is 4.57 Å². The predicted octanol–water partition coefficient (Wildman–Crippen LogP) is 2.35. The van der Waals surface area contributed by atoms with Crippen LogP contribution in [0.2, 0.25) is 0 Å². The first-order chi connectivity index (χ1) is 6.57. The number of hydrogen-bond acceptors (Lipinski definition) is 2. The van der Waals surface area contributed by atoms with Crippen molar-refractivity contribution in [1.29, 1.82) is 0 Å². The third kappa shape index (κ3) is 2.17. The van der Waals surface area contributed by atoms with E-state index in [1.54, 1.807) is 0 Å². The van der Waals surface area contributed by atoms with E-state index in [4.69, 9.17) is 0 Å². The summed E-state index contributed by atoms with van der Waals surface area (Å²) in [5.41, 5.74) is -0.959. The summed E-state index contributed by atoms with van der Waals surface area (Å²) in [7, 11) is 0. The summed E-state index contributed by atoms with van der Waals surface area (Å²) in [6.45, 7) is 2.37. The second kappa shape index (κ2) is 4.63. The molecular formula is C8H9BrF2N2O. The average Bonchev–Trinajstić information content (AvgIpc) is 2.13. The van der Waals surface area contributed by atoms with Crippen LogP contribution >= 0.6 is 15.9 Å². The Morgan fingerprint density at radius 1 is 1.64 bits per heavy atom. The number of nitrogens with zero attached hydrogens (tertiary/aromatic N) is 2. The molecule has 1 heterocycles. The van der Waals surface area contributed by atoms with E-state index in [0.717, 1.165) is 12.7 Å². The number of aromatic nitrogens is 2. The van der Waals surface area contributed by atoms with Crippen LogP contribution in [-0.2, 0) is 6.54 Å². The highest BCUT2D eigenvalue weighted by Gasteiger charge is 2.16. The first kappa shape index (κ1) is 11.3. The zero-order chi connectivity index (χ0) is 10.7. The minimum Gasteiger partial charge on any atom is -0.298 e. The molecule has 0 atom stereocenters. The van der Waals surface area contributed by atoms with Crippen LogP contribution in [0.15, 0.2) is 15.6 Å². The lowest BCUT2D eigenvalue weighted by Gasteiger charge is -2.06. The van der Waals surface area contributed by atoms with E-state index in [-0.39, 0.29) is 4.47 Å². The molecule has 0 unspecified atom stereocenters. The summed E-state index contributed by atoms with van der Waals surface area (Å²) in [4.78, 5) is 14.9. The van der Waals surface area contributed by atoms with Gasteiger partial charge in [-0.1, -0.05) is 6.92 Å². The van der Waals surface area contributed by atoms with Gasteiger partial charge in [-0.2, -0.15) is 0 Å². The molecule has 3 nitrogen and oxygen atoms in total. The quantitative estimate of drug-likeness (QED) is 0.842. The number of rotatable bonds is 3. The Morgan fingerprint density at radius 2 is 2.29 bits per heavy atom. The van der Waals surface area contributed by atoms with Crippen LogP contribution in [0.25, 0.3) is 0 Å². The highest BCUT2D eigenvalue weighted by molar-refractivity contribution is 9.10. The highest BCUT2D eigenvalue weighted by Crippen LogP contribution is 2.21. The standard InChI is InChI=1S/C8H9BrF2N2O/c1-2-3-13-4-12-6(7(10)11)5(9)8(13)14/h4,7H,2-3H2,1H3. The van der Waals surface area contributed by atoms with Crippen molar-refractivity contribution in [2.75, 3.05) is 0 Å². The van der Waals surface area contributed by atoms with Gasteiger partial charge in [-0.25, -0.2) is 13.8 Å². The fraction of sp³-hybridized carbons (Fsp3) is 0.500. The number of alkyl halides is 2. The summed E-state index contributed by atoms with van der Waals surface area (Å²) in [5.74, 6) is 0. The van der Waals surface area contributed by atoms with Crippen LogP contribution in [0.1, 0.15) is 25.5 Å². The van der Waals surface area contributed by atoms with Crippen LogP contribution in [0, 0.1) is 0 Å². The summed E-state index contributed by atoms with van der Waals surface area (Å²) in [6.07, 6.45) is -0.825. The van der Waals surface area contributed by atoms with Gasteiger partial charge in [0.25, 0.3) is 12.0 Å². The molecule has 0 saturated heterocycles. The maximum absolute atomic E-state index is 12.3. The molecule has 0 bridgehead atoms. The first-order valence-corrected chi connectivity index (χ1v) is 4.90. The topological polar surface area (TPSA) is 34.9 Å². The molecule has 0 spiro atoms. The Kier molecular flexibility index (Phi) is 3.74. The van der Waals surface area contributed by atoms with Crippen molar-refractivity contribution in [3.05, 3.63) is 26.8 Å². The van der Waals surface area contributed by atoms with Gasteiger partial charge in [-0.05, 0) is 22.4 Å². The molecule has 78 valence electrons. The first-order valence-electron chi connectivity index (χ1n) is 4.11. The lowest BCUT2D eigenvalue weighted by Crippen LogP contribution is -2.22. The van der Waals surface area contributed by atoms with Gasteiger partial charge in [0.2, 0.25) is 0 Å². The maximum Gasteiger partial charge on any atom is 0.281 e. The van der Waals surface area contributed by atoms with Crippen molar-refractivity contribution < 1.29 is 8.78 Å². The van der Waals surface area contributed by atoms with E-state index in [9.17, 15) is 13.6 Å². The molecule has 0 fully saturated rings.